The molecule has 1 saturated heterocycles. The molecule has 1 fully saturated rings. The van der Waals surface area contributed by atoms with Crippen LogP contribution in [0, 0.1) is 6.92 Å². The molecule has 1 aliphatic heterocycles. The number of nitrogens with one attached hydrogen (secondary N) is 1. The van der Waals surface area contributed by atoms with Gasteiger partial charge in [-0.05, 0) is 56.3 Å². The molecule has 0 atom stereocenters. The van der Waals surface area contributed by atoms with Crippen LogP contribution in [0.25, 0.3) is 22.3 Å². The van der Waals surface area contributed by atoms with Gasteiger partial charge in [0.2, 0.25) is 0 Å². The van der Waals surface area contributed by atoms with Crippen molar-refractivity contribution in [3.05, 3.63) is 99.2 Å². The van der Waals surface area contributed by atoms with Crippen LogP contribution in [0.15, 0.2) is 82.0 Å². The van der Waals surface area contributed by atoms with Crippen molar-refractivity contribution in [2.45, 2.75) is 13.3 Å². The highest BCUT2D eigenvalue weighted by atomic mass is 35.5. The van der Waals surface area contributed by atoms with Gasteiger partial charge in [0, 0.05) is 54.6 Å². The van der Waals surface area contributed by atoms with Gasteiger partial charge in [0.25, 0.3) is 5.91 Å². The van der Waals surface area contributed by atoms with Gasteiger partial charge in [0.15, 0.2) is 11.0 Å². The number of benzene rings is 3. The summed E-state index contributed by atoms with van der Waals surface area (Å²) >= 11 is 6.00. The number of carbonyl (C=O) groups is 1. The molecule has 5 rings (SSSR count). The number of carbonyl (C=O) groups excluding carboxylic acids is 1. The van der Waals surface area contributed by atoms with E-state index in [1.807, 2.05) is 42.5 Å². The molecular formula is C30H30ClN3O3. The largest absolute Gasteiger partial charge is 0.455 e. The highest BCUT2D eigenvalue weighted by molar-refractivity contribution is 6.30. The number of rotatable bonds is 7. The summed E-state index contributed by atoms with van der Waals surface area (Å²) in [6.45, 7) is 7.11. The number of amides is 1. The van der Waals surface area contributed by atoms with E-state index in [0.29, 0.717) is 34.4 Å². The molecular weight excluding hydrogens is 486 g/mol. The van der Waals surface area contributed by atoms with Crippen LogP contribution in [0.3, 0.4) is 0 Å². The Labute approximate surface area is 221 Å². The van der Waals surface area contributed by atoms with Crippen molar-refractivity contribution in [3.63, 3.8) is 0 Å². The first kappa shape index (κ1) is 25.1. The Hall–Kier alpha value is -3.61. The van der Waals surface area contributed by atoms with E-state index in [4.69, 9.17) is 16.0 Å². The van der Waals surface area contributed by atoms with Crippen molar-refractivity contribution < 1.29 is 9.21 Å². The van der Waals surface area contributed by atoms with Gasteiger partial charge in [-0.25, -0.2) is 0 Å². The summed E-state index contributed by atoms with van der Waals surface area (Å²) in [5.41, 5.74) is 3.13. The van der Waals surface area contributed by atoms with Gasteiger partial charge in [-0.3, -0.25) is 14.5 Å². The molecule has 1 N–H and O–H groups in total. The van der Waals surface area contributed by atoms with Crippen molar-refractivity contribution in [3.8, 4) is 11.3 Å². The number of anilines is 1. The molecule has 0 spiro atoms. The third-order valence-electron chi connectivity index (χ3n) is 6.93. The second-order valence-corrected chi connectivity index (χ2v) is 9.78. The molecule has 0 bridgehead atoms. The van der Waals surface area contributed by atoms with Crippen molar-refractivity contribution >= 4 is 34.2 Å². The monoisotopic (exact) mass is 515 g/mol. The number of fused-ring (bicyclic) bond motifs is 1. The highest BCUT2D eigenvalue weighted by Gasteiger charge is 2.19. The van der Waals surface area contributed by atoms with E-state index in [0.717, 1.165) is 49.7 Å². The zero-order valence-electron chi connectivity index (χ0n) is 20.9. The molecule has 1 amide bonds. The van der Waals surface area contributed by atoms with Gasteiger partial charge in [-0.2, -0.15) is 0 Å². The fourth-order valence-corrected chi connectivity index (χ4v) is 4.96. The minimum atomic E-state index is -0.232. The third-order valence-corrected chi connectivity index (χ3v) is 7.18. The summed E-state index contributed by atoms with van der Waals surface area (Å²) in [6.07, 6.45) is 0.843. The molecule has 0 unspecified atom stereocenters. The second-order valence-electron chi connectivity index (χ2n) is 9.35. The molecule has 4 aromatic rings. The summed E-state index contributed by atoms with van der Waals surface area (Å²) < 4.78 is 6.19. The number of piperazine rings is 1. The van der Waals surface area contributed by atoms with Crippen LogP contribution >= 0.6 is 11.6 Å². The third kappa shape index (κ3) is 5.55. The number of nitrogens with zero attached hydrogens (tertiary/aromatic N) is 2. The zero-order chi connectivity index (χ0) is 25.8. The molecule has 0 radical (unpaired) electrons. The molecule has 0 aliphatic carbocycles. The van der Waals surface area contributed by atoms with E-state index < -0.39 is 0 Å². The highest BCUT2D eigenvalue weighted by Crippen LogP contribution is 2.27. The van der Waals surface area contributed by atoms with Crippen LogP contribution in [0.4, 0.5) is 5.69 Å². The van der Waals surface area contributed by atoms with Crippen molar-refractivity contribution in [2.24, 2.45) is 0 Å². The van der Waals surface area contributed by atoms with Gasteiger partial charge >= 0.3 is 0 Å². The summed E-state index contributed by atoms with van der Waals surface area (Å²) in [4.78, 5) is 30.9. The molecule has 1 aromatic heterocycles. The fraction of sp³-hybridized carbons (Fsp3) is 0.267. The molecule has 190 valence electrons. The maximum absolute atomic E-state index is 13.1. The summed E-state index contributed by atoms with van der Waals surface area (Å²) in [5, 5.41) is 4.18. The van der Waals surface area contributed by atoms with Gasteiger partial charge in [0.1, 0.15) is 5.76 Å². The number of halogens is 1. The normalized spacial score (nSPS) is 14.2. The lowest BCUT2D eigenvalue weighted by atomic mass is 10.0. The zero-order valence-corrected chi connectivity index (χ0v) is 21.6. The molecule has 3 aromatic carbocycles. The molecule has 0 saturated carbocycles. The Balaban J connectivity index is 1.19. The van der Waals surface area contributed by atoms with Gasteiger partial charge in [0.05, 0.1) is 10.9 Å². The maximum atomic E-state index is 13.1. The van der Waals surface area contributed by atoms with E-state index in [1.54, 1.807) is 25.1 Å². The minimum Gasteiger partial charge on any atom is -0.455 e. The Bertz CT molecular complexity index is 1440. The van der Waals surface area contributed by atoms with Crippen LogP contribution in [-0.2, 0) is 0 Å². The Morgan fingerprint density at radius 2 is 1.68 bits per heavy atom. The average Bonchev–Trinajstić information content (AvgIpc) is 2.94. The molecule has 2 heterocycles. The summed E-state index contributed by atoms with van der Waals surface area (Å²) in [7, 11) is 0. The van der Waals surface area contributed by atoms with Crippen LogP contribution in [0.2, 0.25) is 5.02 Å². The average molecular weight is 516 g/mol. The first-order chi connectivity index (χ1) is 18.0. The molecule has 37 heavy (non-hydrogen) atoms. The minimum absolute atomic E-state index is 0.118. The number of hydrogen-bond donors (Lipinski definition) is 1. The number of hydrogen-bond acceptors (Lipinski definition) is 5. The smallest absolute Gasteiger partial charge is 0.255 e. The summed E-state index contributed by atoms with van der Waals surface area (Å²) in [6, 6.07) is 22.6. The van der Waals surface area contributed by atoms with E-state index in [2.05, 4.69) is 27.2 Å². The second kappa shape index (κ2) is 11.2. The van der Waals surface area contributed by atoms with Crippen LogP contribution in [0.5, 0.6) is 0 Å². The lowest BCUT2D eigenvalue weighted by Crippen LogP contribution is -2.47. The lowest BCUT2D eigenvalue weighted by Gasteiger charge is -2.36. The van der Waals surface area contributed by atoms with Crippen molar-refractivity contribution in [1.29, 1.82) is 0 Å². The topological polar surface area (TPSA) is 65.8 Å². The van der Waals surface area contributed by atoms with Gasteiger partial charge < -0.3 is 14.6 Å². The Morgan fingerprint density at radius 1 is 0.946 bits per heavy atom. The fourth-order valence-electron chi connectivity index (χ4n) is 4.83. The van der Waals surface area contributed by atoms with Crippen molar-refractivity contribution in [2.75, 3.05) is 44.2 Å². The van der Waals surface area contributed by atoms with E-state index in [-0.39, 0.29) is 11.3 Å². The van der Waals surface area contributed by atoms with E-state index in [9.17, 15) is 9.59 Å². The summed E-state index contributed by atoms with van der Waals surface area (Å²) in [5.74, 6) is 0.264. The maximum Gasteiger partial charge on any atom is 0.255 e. The first-order valence-electron chi connectivity index (χ1n) is 12.6. The molecule has 7 heteroatoms. The quantitative estimate of drug-likeness (QED) is 0.335. The van der Waals surface area contributed by atoms with Gasteiger partial charge in [-0.15, -0.1) is 0 Å². The lowest BCUT2D eigenvalue weighted by molar-refractivity contribution is 0.0952. The van der Waals surface area contributed by atoms with Gasteiger partial charge in [-0.1, -0.05) is 48.0 Å². The predicted molar refractivity (Wildman–Crippen MR) is 150 cm³/mol. The van der Waals surface area contributed by atoms with Crippen LogP contribution < -0.4 is 15.6 Å². The van der Waals surface area contributed by atoms with Crippen LogP contribution in [0.1, 0.15) is 22.3 Å². The molecule has 6 nitrogen and oxygen atoms in total. The SMILES string of the molecule is Cc1c(-c2ccccc2)oc2c(C(=O)NCCCN3CCN(c4ccc(Cl)cc4)CC3)cccc2c1=O. The number of para-hydroxylation sites is 1. The predicted octanol–water partition coefficient (Wildman–Crippen LogP) is 5.36. The Morgan fingerprint density at radius 3 is 2.41 bits per heavy atom. The first-order valence-corrected chi connectivity index (χ1v) is 13.0. The molecule has 1 aliphatic rings. The van der Waals surface area contributed by atoms with E-state index >= 15 is 0 Å². The Kier molecular flexibility index (Phi) is 7.58. The van der Waals surface area contributed by atoms with Crippen molar-refractivity contribution in [1.82, 2.24) is 10.2 Å². The van der Waals surface area contributed by atoms with Crippen LogP contribution in [-0.4, -0.2) is 50.1 Å². The van der Waals surface area contributed by atoms with E-state index in [1.165, 1.54) is 5.69 Å². The standard InChI is InChI=1S/C30H30ClN3O3/c1-21-27(35)25-9-5-10-26(29(25)37-28(21)22-7-3-2-4-8-22)30(36)32-15-6-16-33-17-19-34(20-18-33)24-13-11-23(31)12-14-24/h2-5,7-14H,6,15-20H2,1H3,(H,32,36).